The van der Waals surface area contributed by atoms with Crippen LogP contribution in [0.1, 0.15) is 29.3 Å². The van der Waals surface area contributed by atoms with E-state index in [1.54, 1.807) is 29.7 Å². The standard InChI is InChI=1S/C25H17ClF3N5O3S2/c1-13(35)31-23-32-18(12-38-23)11-33-22(36)21(39-24(33)37)7-14-2-5-20-16(6-14)9-30-34(20)10-15-3-4-17(26)8-19(15)25(27,28)29/h2-9,12H,10-11H2,1H3,(H,31,32,35). The maximum absolute atomic E-state index is 13.5. The summed E-state index contributed by atoms with van der Waals surface area (Å²) >= 11 is 7.77. The molecule has 0 saturated carbocycles. The molecule has 0 atom stereocenters. The minimum Gasteiger partial charge on any atom is -0.302 e. The molecule has 3 heterocycles. The van der Waals surface area contributed by atoms with Crippen molar-refractivity contribution in [2.45, 2.75) is 26.2 Å². The van der Waals surface area contributed by atoms with E-state index >= 15 is 0 Å². The lowest BCUT2D eigenvalue weighted by atomic mass is 10.1. The van der Waals surface area contributed by atoms with Gasteiger partial charge < -0.3 is 5.32 Å². The van der Waals surface area contributed by atoms with Gasteiger partial charge in [0.1, 0.15) is 0 Å². The van der Waals surface area contributed by atoms with Crippen LogP contribution in [0.2, 0.25) is 5.02 Å². The number of thioether (sulfide) groups is 1. The van der Waals surface area contributed by atoms with Crippen LogP contribution in [0.5, 0.6) is 0 Å². The second kappa shape index (κ2) is 10.5. The molecule has 0 radical (unpaired) electrons. The minimum absolute atomic E-state index is 0.00761. The number of carbonyl (C=O) groups excluding carboxylic acids is 3. The Morgan fingerprint density at radius 2 is 1.95 bits per heavy atom. The first-order valence-electron chi connectivity index (χ1n) is 11.3. The molecule has 5 rings (SSSR count). The molecule has 1 aliphatic rings. The van der Waals surface area contributed by atoms with Gasteiger partial charge in [-0.05, 0) is 53.2 Å². The number of thiazole rings is 1. The van der Waals surface area contributed by atoms with Crippen molar-refractivity contribution >= 4 is 73.9 Å². The second-order valence-electron chi connectivity index (χ2n) is 8.51. The number of amides is 3. The van der Waals surface area contributed by atoms with Gasteiger partial charge in [-0.1, -0.05) is 23.7 Å². The summed E-state index contributed by atoms with van der Waals surface area (Å²) in [5, 5.41) is 9.03. The zero-order valence-corrected chi connectivity index (χ0v) is 22.3. The van der Waals surface area contributed by atoms with E-state index in [4.69, 9.17) is 11.6 Å². The monoisotopic (exact) mass is 591 g/mol. The Morgan fingerprint density at radius 1 is 1.15 bits per heavy atom. The lowest BCUT2D eigenvalue weighted by Gasteiger charge is -2.14. The summed E-state index contributed by atoms with van der Waals surface area (Å²) in [6, 6.07) is 8.75. The molecule has 39 heavy (non-hydrogen) atoms. The van der Waals surface area contributed by atoms with Gasteiger partial charge in [-0.3, -0.25) is 24.0 Å². The van der Waals surface area contributed by atoms with E-state index in [1.165, 1.54) is 41.3 Å². The first-order chi connectivity index (χ1) is 18.5. The normalized spacial score (nSPS) is 15.1. The number of hydrogen-bond acceptors (Lipinski definition) is 7. The summed E-state index contributed by atoms with van der Waals surface area (Å²) in [6.45, 7) is 1.20. The maximum Gasteiger partial charge on any atom is 0.416 e. The van der Waals surface area contributed by atoms with Crippen molar-refractivity contribution in [1.29, 1.82) is 0 Å². The average molecular weight is 592 g/mol. The molecule has 1 saturated heterocycles. The number of nitrogens with one attached hydrogen (secondary N) is 1. The lowest BCUT2D eigenvalue weighted by molar-refractivity contribution is -0.138. The predicted octanol–water partition coefficient (Wildman–Crippen LogP) is 6.41. The fourth-order valence-corrected chi connectivity index (χ4v) is 5.73. The van der Waals surface area contributed by atoms with Gasteiger partial charge in [-0.15, -0.1) is 11.3 Å². The third-order valence-electron chi connectivity index (χ3n) is 5.69. The number of fused-ring (bicyclic) bond motifs is 1. The summed E-state index contributed by atoms with van der Waals surface area (Å²) in [7, 11) is 0. The number of aromatic nitrogens is 3. The number of anilines is 1. The van der Waals surface area contributed by atoms with Crippen molar-refractivity contribution in [3.63, 3.8) is 0 Å². The third-order valence-corrected chi connectivity index (χ3v) is 7.64. The van der Waals surface area contributed by atoms with Crippen LogP contribution in [-0.2, 0) is 28.9 Å². The molecule has 0 unspecified atom stereocenters. The highest BCUT2D eigenvalue weighted by Gasteiger charge is 2.36. The van der Waals surface area contributed by atoms with Crippen molar-refractivity contribution in [3.05, 3.63) is 80.3 Å². The summed E-state index contributed by atoms with van der Waals surface area (Å²) in [6.07, 6.45) is -1.46. The number of rotatable bonds is 6. The predicted molar refractivity (Wildman–Crippen MR) is 143 cm³/mol. The molecule has 1 N–H and O–H groups in total. The van der Waals surface area contributed by atoms with E-state index in [9.17, 15) is 27.6 Å². The zero-order chi connectivity index (χ0) is 27.9. The van der Waals surface area contributed by atoms with Crippen LogP contribution in [0, 0.1) is 0 Å². The van der Waals surface area contributed by atoms with Gasteiger partial charge in [0.05, 0.1) is 41.0 Å². The largest absolute Gasteiger partial charge is 0.416 e. The smallest absolute Gasteiger partial charge is 0.302 e. The van der Waals surface area contributed by atoms with E-state index in [0.717, 1.165) is 22.7 Å². The number of imide groups is 1. The summed E-state index contributed by atoms with van der Waals surface area (Å²) < 4.78 is 42.0. The fraction of sp³-hybridized carbons (Fsp3) is 0.160. The van der Waals surface area contributed by atoms with Crippen molar-refractivity contribution in [2.75, 3.05) is 5.32 Å². The molecule has 8 nitrogen and oxygen atoms in total. The van der Waals surface area contributed by atoms with Gasteiger partial charge in [0.2, 0.25) is 5.91 Å². The molecule has 1 fully saturated rings. The number of alkyl halides is 3. The second-order valence-corrected chi connectivity index (χ2v) is 10.8. The van der Waals surface area contributed by atoms with E-state index < -0.39 is 22.9 Å². The molecule has 2 aromatic heterocycles. The molecule has 0 spiro atoms. The summed E-state index contributed by atoms with van der Waals surface area (Å²) in [4.78, 5) is 42.1. The first kappa shape index (κ1) is 26.9. The van der Waals surface area contributed by atoms with Gasteiger partial charge in [-0.25, -0.2) is 4.98 Å². The van der Waals surface area contributed by atoms with Crippen LogP contribution in [0.4, 0.5) is 23.1 Å². The highest BCUT2D eigenvalue weighted by molar-refractivity contribution is 8.18. The van der Waals surface area contributed by atoms with Crippen LogP contribution in [0.15, 0.2) is 52.9 Å². The Kier molecular flexibility index (Phi) is 7.23. The van der Waals surface area contributed by atoms with Gasteiger partial charge in [0.15, 0.2) is 5.13 Å². The maximum atomic E-state index is 13.5. The molecule has 4 aromatic rings. The molecule has 0 bridgehead atoms. The number of nitrogens with zero attached hydrogens (tertiary/aromatic N) is 4. The summed E-state index contributed by atoms with van der Waals surface area (Å²) in [5.74, 6) is -0.749. The molecule has 200 valence electrons. The minimum atomic E-state index is -4.56. The fourth-order valence-electron chi connectivity index (χ4n) is 3.97. The Morgan fingerprint density at radius 3 is 2.69 bits per heavy atom. The molecule has 14 heteroatoms. The van der Waals surface area contributed by atoms with Crippen molar-refractivity contribution in [3.8, 4) is 0 Å². The number of hydrogen-bond donors (Lipinski definition) is 1. The van der Waals surface area contributed by atoms with E-state index in [0.29, 0.717) is 27.3 Å². The molecular weight excluding hydrogens is 575 g/mol. The molecule has 2 aromatic carbocycles. The van der Waals surface area contributed by atoms with Crippen LogP contribution in [0.25, 0.3) is 17.0 Å². The molecular formula is C25H17ClF3N5O3S2. The van der Waals surface area contributed by atoms with Crippen molar-refractivity contribution in [2.24, 2.45) is 0 Å². The van der Waals surface area contributed by atoms with Gasteiger partial charge in [-0.2, -0.15) is 18.3 Å². The quantitative estimate of drug-likeness (QED) is 0.260. The topological polar surface area (TPSA) is 97.2 Å². The van der Waals surface area contributed by atoms with Crippen molar-refractivity contribution in [1.82, 2.24) is 19.7 Å². The Hall–Kier alpha value is -3.68. The first-order valence-corrected chi connectivity index (χ1v) is 13.3. The Balaban J connectivity index is 1.34. The van der Waals surface area contributed by atoms with Crippen LogP contribution >= 0.6 is 34.7 Å². The Bertz CT molecular complexity index is 1660. The summed E-state index contributed by atoms with van der Waals surface area (Å²) in [5.41, 5.74) is 0.892. The average Bonchev–Trinajstić information content (AvgIpc) is 3.54. The number of carbonyl (C=O) groups is 3. The molecule has 0 aliphatic carbocycles. The molecule has 3 amide bonds. The third kappa shape index (κ3) is 5.84. The van der Waals surface area contributed by atoms with E-state index in [2.05, 4.69) is 15.4 Å². The van der Waals surface area contributed by atoms with Crippen molar-refractivity contribution < 1.29 is 27.6 Å². The van der Waals surface area contributed by atoms with Crippen LogP contribution < -0.4 is 5.32 Å². The Labute approximate surface area is 232 Å². The highest BCUT2D eigenvalue weighted by atomic mass is 35.5. The van der Waals surface area contributed by atoms with Crippen LogP contribution in [0.3, 0.4) is 0 Å². The number of halogens is 4. The lowest BCUT2D eigenvalue weighted by Crippen LogP contribution is -2.27. The van der Waals surface area contributed by atoms with Crippen LogP contribution in [-0.4, -0.2) is 36.7 Å². The molecule has 1 aliphatic heterocycles. The van der Waals surface area contributed by atoms with E-state index in [-0.39, 0.29) is 34.5 Å². The zero-order valence-electron chi connectivity index (χ0n) is 20.0. The van der Waals surface area contributed by atoms with Gasteiger partial charge in [0, 0.05) is 22.7 Å². The number of benzene rings is 2. The SMILES string of the molecule is CC(=O)Nc1nc(CN2C(=O)SC(=Cc3ccc4c(cnn4Cc4ccc(Cl)cc4C(F)(F)F)c3)C2=O)cs1. The van der Waals surface area contributed by atoms with E-state index in [1.807, 2.05) is 0 Å². The van der Waals surface area contributed by atoms with Gasteiger partial charge >= 0.3 is 6.18 Å². The van der Waals surface area contributed by atoms with Gasteiger partial charge in [0.25, 0.3) is 11.1 Å². The highest BCUT2D eigenvalue weighted by Crippen LogP contribution is 2.36.